The molecule has 1 aromatic rings. The van der Waals surface area contributed by atoms with Crippen LogP contribution in [0.25, 0.3) is 0 Å². The Hall–Kier alpha value is -1.22. The highest BCUT2D eigenvalue weighted by Gasteiger charge is 2.40. The van der Waals surface area contributed by atoms with Gasteiger partial charge in [-0.2, -0.15) is 0 Å². The summed E-state index contributed by atoms with van der Waals surface area (Å²) >= 11 is 0. The SMILES string of the molecule is CC(=O)c1cc(C2(N)CC2)ccn1. The number of carbonyl (C=O) groups excluding carboxylic acids is 1. The molecule has 1 heterocycles. The lowest BCUT2D eigenvalue weighted by Gasteiger charge is -2.08. The van der Waals surface area contributed by atoms with E-state index in [0.29, 0.717) is 5.69 Å². The zero-order chi connectivity index (χ0) is 9.47. The molecule has 0 aliphatic heterocycles. The maximum atomic E-state index is 11.0. The van der Waals surface area contributed by atoms with Crippen LogP contribution in [-0.4, -0.2) is 10.8 Å². The van der Waals surface area contributed by atoms with Gasteiger partial charge in [0.05, 0.1) is 0 Å². The van der Waals surface area contributed by atoms with Gasteiger partial charge in [0, 0.05) is 18.7 Å². The third-order valence-electron chi connectivity index (χ3n) is 2.48. The fourth-order valence-corrected chi connectivity index (χ4v) is 1.36. The highest BCUT2D eigenvalue weighted by atomic mass is 16.1. The molecule has 1 aliphatic rings. The molecule has 68 valence electrons. The topological polar surface area (TPSA) is 56.0 Å². The Balaban J connectivity index is 2.38. The summed E-state index contributed by atoms with van der Waals surface area (Å²) in [4.78, 5) is 15.0. The average Bonchev–Trinajstić information content (AvgIpc) is 2.85. The van der Waals surface area contributed by atoms with Crippen LogP contribution < -0.4 is 5.73 Å². The van der Waals surface area contributed by atoms with E-state index in [2.05, 4.69) is 4.98 Å². The first-order valence-electron chi connectivity index (χ1n) is 4.38. The minimum atomic E-state index is -0.173. The van der Waals surface area contributed by atoms with Gasteiger partial charge in [-0.15, -0.1) is 0 Å². The van der Waals surface area contributed by atoms with Crippen LogP contribution in [0.5, 0.6) is 0 Å². The fourth-order valence-electron chi connectivity index (χ4n) is 1.36. The molecule has 0 spiro atoms. The smallest absolute Gasteiger partial charge is 0.178 e. The summed E-state index contributed by atoms with van der Waals surface area (Å²) in [5.74, 6) is -0.00824. The summed E-state index contributed by atoms with van der Waals surface area (Å²) in [5, 5.41) is 0. The second-order valence-electron chi connectivity index (χ2n) is 3.64. The van der Waals surface area contributed by atoms with E-state index >= 15 is 0 Å². The Kier molecular flexibility index (Phi) is 1.70. The number of nitrogens with two attached hydrogens (primary N) is 1. The summed E-state index contributed by atoms with van der Waals surface area (Å²) < 4.78 is 0. The number of carbonyl (C=O) groups is 1. The lowest BCUT2D eigenvalue weighted by atomic mass is 10.1. The van der Waals surface area contributed by atoms with E-state index in [1.54, 1.807) is 12.3 Å². The van der Waals surface area contributed by atoms with Gasteiger partial charge >= 0.3 is 0 Å². The van der Waals surface area contributed by atoms with E-state index < -0.39 is 0 Å². The van der Waals surface area contributed by atoms with Crippen LogP contribution in [0.3, 0.4) is 0 Å². The number of pyridine rings is 1. The number of rotatable bonds is 2. The van der Waals surface area contributed by atoms with Gasteiger partial charge < -0.3 is 5.73 Å². The quantitative estimate of drug-likeness (QED) is 0.689. The molecule has 1 aromatic heterocycles. The molecule has 0 amide bonds. The van der Waals surface area contributed by atoms with E-state index in [9.17, 15) is 4.79 Å². The molecule has 0 atom stereocenters. The maximum absolute atomic E-state index is 11.0. The van der Waals surface area contributed by atoms with Crippen molar-refractivity contribution in [3.63, 3.8) is 0 Å². The molecule has 1 fully saturated rings. The van der Waals surface area contributed by atoms with Crippen molar-refractivity contribution in [1.29, 1.82) is 0 Å². The summed E-state index contributed by atoms with van der Waals surface area (Å²) in [7, 11) is 0. The molecular weight excluding hydrogens is 164 g/mol. The van der Waals surface area contributed by atoms with Crippen molar-refractivity contribution in [2.45, 2.75) is 25.3 Å². The first kappa shape index (κ1) is 8.38. The molecule has 2 rings (SSSR count). The first-order valence-corrected chi connectivity index (χ1v) is 4.38. The molecule has 0 radical (unpaired) electrons. The zero-order valence-electron chi connectivity index (χ0n) is 7.58. The Morgan fingerprint density at radius 1 is 1.62 bits per heavy atom. The van der Waals surface area contributed by atoms with Crippen molar-refractivity contribution in [3.8, 4) is 0 Å². The van der Waals surface area contributed by atoms with Crippen LogP contribution in [0, 0.1) is 0 Å². The minimum Gasteiger partial charge on any atom is -0.321 e. The number of hydrogen-bond donors (Lipinski definition) is 1. The van der Waals surface area contributed by atoms with Crippen molar-refractivity contribution in [3.05, 3.63) is 29.6 Å². The lowest BCUT2D eigenvalue weighted by Crippen LogP contribution is -2.19. The standard InChI is InChI=1S/C10H12N2O/c1-7(13)9-6-8(2-5-12-9)10(11)3-4-10/h2,5-6H,3-4,11H2,1H3. The molecule has 3 heteroatoms. The minimum absolute atomic E-state index is 0.00824. The average molecular weight is 176 g/mol. The Bertz CT molecular complexity index is 356. The zero-order valence-corrected chi connectivity index (χ0v) is 7.58. The third kappa shape index (κ3) is 1.47. The molecule has 0 unspecified atom stereocenters. The predicted molar refractivity (Wildman–Crippen MR) is 49.3 cm³/mol. The molecule has 0 bridgehead atoms. The van der Waals surface area contributed by atoms with Crippen LogP contribution >= 0.6 is 0 Å². The van der Waals surface area contributed by atoms with Crippen LogP contribution in [0.4, 0.5) is 0 Å². The normalized spacial score (nSPS) is 18.3. The second-order valence-corrected chi connectivity index (χ2v) is 3.64. The summed E-state index contributed by atoms with van der Waals surface area (Å²) in [5.41, 5.74) is 7.37. The third-order valence-corrected chi connectivity index (χ3v) is 2.48. The maximum Gasteiger partial charge on any atom is 0.178 e. The van der Waals surface area contributed by atoms with Gasteiger partial charge in [0.2, 0.25) is 0 Å². The number of hydrogen-bond acceptors (Lipinski definition) is 3. The van der Waals surface area contributed by atoms with Gasteiger partial charge in [0.15, 0.2) is 5.78 Å². The fraction of sp³-hybridized carbons (Fsp3) is 0.400. The molecule has 3 nitrogen and oxygen atoms in total. The van der Waals surface area contributed by atoms with E-state index in [1.165, 1.54) is 6.92 Å². The van der Waals surface area contributed by atoms with Gasteiger partial charge in [-0.25, -0.2) is 0 Å². The molecule has 2 N–H and O–H groups in total. The van der Waals surface area contributed by atoms with E-state index in [-0.39, 0.29) is 11.3 Å². The van der Waals surface area contributed by atoms with Crippen molar-refractivity contribution < 1.29 is 4.79 Å². The van der Waals surface area contributed by atoms with Gasteiger partial charge in [-0.3, -0.25) is 9.78 Å². The van der Waals surface area contributed by atoms with Crippen molar-refractivity contribution in [1.82, 2.24) is 4.98 Å². The Morgan fingerprint density at radius 2 is 2.31 bits per heavy atom. The number of Topliss-reactive ketones (excluding diaryl/α,β-unsaturated/α-hetero) is 1. The van der Waals surface area contributed by atoms with Crippen LogP contribution in [0.15, 0.2) is 18.3 Å². The first-order chi connectivity index (χ1) is 6.12. The molecule has 1 saturated carbocycles. The molecule has 13 heavy (non-hydrogen) atoms. The van der Waals surface area contributed by atoms with Crippen molar-refractivity contribution >= 4 is 5.78 Å². The lowest BCUT2D eigenvalue weighted by molar-refractivity contribution is 0.101. The Morgan fingerprint density at radius 3 is 2.85 bits per heavy atom. The number of ketones is 1. The molecule has 0 aromatic carbocycles. The van der Waals surface area contributed by atoms with Crippen molar-refractivity contribution in [2.75, 3.05) is 0 Å². The van der Waals surface area contributed by atoms with E-state index in [0.717, 1.165) is 18.4 Å². The summed E-state index contributed by atoms with van der Waals surface area (Å²) in [6.07, 6.45) is 3.67. The molecule has 1 aliphatic carbocycles. The van der Waals surface area contributed by atoms with Crippen LogP contribution in [0.1, 0.15) is 35.8 Å². The summed E-state index contributed by atoms with van der Waals surface area (Å²) in [6.45, 7) is 1.52. The highest BCUT2D eigenvalue weighted by molar-refractivity contribution is 5.92. The summed E-state index contributed by atoms with van der Waals surface area (Å²) in [6, 6.07) is 3.69. The van der Waals surface area contributed by atoms with Gasteiger partial charge in [0.25, 0.3) is 0 Å². The van der Waals surface area contributed by atoms with E-state index in [1.807, 2.05) is 6.07 Å². The van der Waals surface area contributed by atoms with Gasteiger partial charge in [0.1, 0.15) is 5.69 Å². The Labute approximate surface area is 77.0 Å². The van der Waals surface area contributed by atoms with Crippen LogP contribution in [-0.2, 0) is 5.54 Å². The van der Waals surface area contributed by atoms with E-state index in [4.69, 9.17) is 5.73 Å². The van der Waals surface area contributed by atoms with Crippen molar-refractivity contribution in [2.24, 2.45) is 5.73 Å². The number of aromatic nitrogens is 1. The largest absolute Gasteiger partial charge is 0.321 e. The van der Waals surface area contributed by atoms with Gasteiger partial charge in [-0.05, 0) is 30.5 Å². The second kappa shape index (κ2) is 2.64. The number of nitrogens with zero attached hydrogens (tertiary/aromatic N) is 1. The van der Waals surface area contributed by atoms with Crippen LogP contribution in [0.2, 0.25) is 0 Å². The molecule has 0 saturated heterocycles. The highest BCUT2D eigenvalue weighted by Crippen LogP contribution is 2.42. The van der Waals surface area contributed by atoms with Gasteiger partial charge in [-0.1, -0.05) is 0 Å². The molecular formula is C10H12N2O. The predicted octanol–water partition coefficient (Wildman–Crippen LogP) is 1.23. The monoisotopic (exact) mass is 176 g/mol.